The third-order valence-electron chi connectivity index (χ3n) is 3.91. The predicted octanol–water partition coefficient (Wildman–Crippen LogP) is 2.23. The van der Waals surface area contributed by atoms with Gasteiger partial charge in [-0.05, 0) is 19.4 Å². The number of amides is 1. The Hall–Kier alpha value is -1.69. The Kier molecular flexibility index (Phi) is 3.80. The van der Waals surface area contributed by atoms with Crippen molar-refractivity contribution in [3.05, 3.63) is 16.8 Å². The number of carbonyl (C=O) groups excluding carboxylic acids is 1. The molecule has 3 heterocycles. The maximum atomic E-state index is 11.4. The van der Waals surface area contributed by atoms with Crippen LogP contribution in [0.4, 0.5) is 5.82 Å². The van der Waals surface area contributed by atoms with Crippen molar-refractivity contribution < 1.29 is 4.79 Å². The van der Waals surface area contributed by atoms with Crippen molar-refractivity contribution >= 4 is 33.3 Å². The third kappa shape index (κ3) is 2.72. The van der Waals surface area contributed by atoms with Gasteiger partial charge in [-0.1, -0.05) is 6.92 Å². The number of hydrogen-bond donors (Lipinski definition) is 0. The zero-order valence-electron chi connectivity index (χ0n) is 12.7. The predicted molar refractivity (Wildman–Crippen MR) is 86.0 cm³/mol. The van der Waals surface area contributed by atoms with Crippen molar-refractivity contribution in [3.8, 4) is 0 Å². The highest BCUT2D eigenvalue weighted by Gasteiger charge is 2.22. The van der Waals surface area contributed by atoms with E-state index in [1.165, 1.54) is 4.88 Å². The Morgan fingerprint density at radius 1 is 1.29 bits per heavy atom. The highest BCUT2D eigenvalue weighted by molar-refractivity contribution is 7.18. The minimum atomic E-state index is 0.155. The van der Waals surface area contributed by atoms with E-state index < -0.39 is 0 Å². The van der Waals surface area contributed by atoms with E-state index in [1.807, 2.05) is 11.8 Å². The highest BCUT2D eigenvalue weighted by atomic mass is 32.1. The van der Waals surface area contributed by atoms with E-state index in [1.54, 1.807) is 18.3 Å². The van der Waals surface area contributed by atoms with Crippen LogP contribution in [0.15, 0.2) is 6.07 Å². The van der Waals surface area contributed by atoms with Gasteiger partial charge in [-0.25, -0.2) is 9.97 Å². The van der Waals surface area contributed by atoms with Crippen LogP contribution in [-0.2, 0) is 11.2 Å². The van der Waals surface area contributed by atoms with E-state index >= 15 is 0 Å². The van der Waals surface area contributed by atoms with Gasteiger partial charge < -0.3 is 9.80 Å². The minimum absolute atomic E-state index is 0.155. The van der Waals surface area contributed by atoms with Crippen molar-refractivity contribution in [2.75, 3.05) is 31.1 Å². The molecule has 0 saturated carbocycles. The molecule has 3 rings (SSSR count). The molecule has 0 radical (unpaired) electrons. The molecule has 1 fully saturated rings. The van der Waals surface area contributed by atoms with E-state index in [0.29, 0.717) is 0 Å². The van der Waals surface area contributed by atoms with Crippen molar-refractivity contribution in [2.45, 2.75) is 27.2 Å². The van der Waals surface area contributed by atoms with Crippen LogP contribution in [-0.4, -0.2) is 47.0 Å². The van der Waals surface area contributed by atoms with Crippen LogP contribution in [0.25, 0.3) is 10.2 Å². The second-order valence-electron chi connectivity index (χ2n) is 5.37. The molecule has 0 aromatic carbocycles. The summed E-state index contributed by atoms with van der Waals surface area (Å²) in [7, 11) is 0. The van der Waals surface area contributed by atoms with Gasteiger partial charge in [0.05, 0.1) is 5.39 Å². The molecule has 1 saturated heterocycles. The molecule has 2 aromatic heterocycles. The Bertz CT molecular complexity index is 674. The van der Waals surface area contributed by atoms with Gasteiger partial charge in [-0.15, -0.1) is 11.3 Å². The van der Waals surface area contributed by atoms with Gasteiger partial charge in [0.25, 0.3) is 0 Å². The first kappa shape index (κ1) is 14.3. The molecule has 0 unspecified atom stereocenters. The summed E-state index contributed by atoms with van der Waals surface area (Å²) in [5.74, 6) is 2.00. The molecule has 0 atom stereocenters. The average Bonchev–Trinajstić information content (AvgIpc) is 2.89. The molecule has 1 aliphatic heterocycles. The first-order valence-electron chi connectivity index (χ1n) is 7.36. The highest BCUT2D eigenvalue weighted by Crippen LogP contribution is 2.31. The van der Waals surface area contributed by atoms with E-state index in [4.69, 9.17) is 0 Å². The summed E-state index contributed by atoms with van der Waals surface area (Å²) in [6.07, 6.45) is 1.03. The lowest BCUT2D eigenvalue weighted by Crippen LogP contribution is -2.48. The Labute approximate surface area is 128 Å². The Morgan fingerprint density at radius 2 is 2.00 bits per heavy atom. The average molecular weight is 304 g/mol. The molecule has 1 aliphatic rings. The molecule has 112 valence electrons. The van der Waals surface area contributed by atoms with Crippen molar-refractivity contribution in [2.24, 2.45) is 0 Å². The second-order valence-corrected chi connectivity index (χ2v) is 6.49. The third-order valence-corrected chi connectivity index (χ3v) is 5.08. The van der Waals surface area contributed by atoms with Crippen molar-refractivity contribution in [1.29, 1.82) is 0 Å². The summed E-state index contributed by atoms with van der Waals surface area (Å²) in [4.78, 5) is 27.2. The fourth-order valence-electron chi connectivity index (χ4n) is 2.71. The fourth-order valence-corrected chi connectivity index (χ4v) is 3.72. The normalized spacial score (nSPS) is 15.8. The van der Waals surface area contributed by atoms with Gasteiger partial charge in [0, 0.05) is 38.0 Å². The smallest absolute Gasteiger partial charge is 0.219 e. The molecule has 2 aromatic rings. The van der Waals surface area contributed by atoms with Gasteiger partial charge in [-0.2, -0.15) is 0 Å². The molecule has 6 heteroatoms. The van der Waals surface area contributed by atoms with Gasteiger partial charge in [0.1, 0.15) is 16.5 Å². The minimum Gasteiger partial charge on any atom is -0.352 e. The first-order valence-corrected chi connectivity index (χ1v) is 8.17. The largest absolute Gasteiger partial charge is 0.352 e. The number of nitrogens with zero attached hydrogens (tertiary/aromatic N) is 4. The second kappa shape index (κ2) is 5.60. The van der Waals surface area contributed by atoms with Crippen LogP contribution in [0.2, 0.25) is 0 Å². The quantitative estimate of drug-likeness (QED) is 0.854. The maximum Gasteiger partial charge on any atom is 0.219 e. The number of carbonyl (C=O) groups is 1. The van der Waals surface area contributed by atoms with E-state index in [0.717, 1.165) is 54.5 Å². The number of thiophene rings is 1. The molecule has 0 N–H and O–H groups in total. The van der Waals surface area contributed by atoms with Crippen LogP contribution in [0.1, 0.15) is 24.5 Å². The molecule has 0 spiro atoms. The van der Waals surface area contributed by atoms with Crippen LogP contribution < -0.4 is 4.90 Å². The van der Waals surface area contributed by atoms with Crippen LogP contribution in [0.5, 0.6) is 0 Å². The zero-order chi connectivity index (χ0) is 15.0. The standard InChI is InChI=1S/C15H20N4OS/c1-4-12-9-13-14(16-10(2)17-15(13)21-12)19-7-5-18(6-8-19)11(3)20/h9H,4-8H2,1-3H3. The van der Waals surface area contributed by atoms with Gasteiger partial charge >= 0.3 is 0 Å². The summed E-state index contributed by atoms with van der Waals surface area (Å²) >= 11 is 1.75. The van der Waals surface area contributed by atoms with Gasteiger partial charge in [0.15, 0.2) is 0 Å². The Balaban J connectivity index is 1.93. The SMILES string of the molecule is CCc1cc2c(N3CCN(C(C)=O)CC3)nc(C)nc2s1. The summed E-state index contributed by atoms with van der Waals surface area (Å²) in [6, 6.07) is 2.21. The van der Waals surface area contributed by atoms with Crippen LogP contribution in [0, 0.1) is 6.92 Å². The van der Waals surface area contributed by atoms with Crippen molar-refractivity contribution in [1.82, 2.24) is 14.9 Å². The number of fused-ring (bicyclic) bond motifs is 1. The van der Waals surface area contributed by atoms with Gasteiger partial charge in [-0.3, -0.25) is 4.79 Å². The molecule has 21 heavy (non-hydrogen) atoms. The topological polar surface area (TPSA) is 49.3 Å². The number of hydrogen-bond acceptors (Lipinski definition) is 5. The maximum absolute atomic E-state index is 11.4. The van der Waals surface area contributed by atoms with Crippen LogP contribution in [0.3, 0.4) is 0 Å². The molecular formula is C15H20N4OS. The lowest BCUT2D eigenvalue weighted by molar-refractivity contribution is -0.129. The first-order chi connectivity index (χ1) is 10.1. The molecule has 0 bridgehead atoms. The van der Waals surface area contributed by atoms with E-state index in [-0.39, 0.29) is 5.91 Å². The molecular weight excluding hydrogens is 284 g/mol. The lowest BCUT2D eigenvalue weighted by Gasteiger charge is -2.35. The summed E-state index contributed by atoms with van der Waals surface area (Å²) < 4.78 is 0. The number of anilines is 1. The van der Waals surface area contributed by atoms with E-state index in [9.17, 15) is 4.79 Å². The summed E-state index contributed by atoms with van der Waals surface area (Å²) in [5, 5.41) is 1.15. The monoisotopic (exact) mass is 304 g/mol. The zero-order valence-corrected chi connectivity index (χ0v) is 13.5. The summed E-state index contributed by atoms with van der Waals surface area (Å²) in [6.45, 7) is 8.95. The molecule has 1 amide bonds. The summed E-state index contributed by atoms with van der Waals surface area (Å²) in [5.41, 5.74) is 0. The lowest BCUT2D eigenvalue weighted by atomic mass is 10.2. The number of rotatable bonds is 2. The molecule has 5 nitrogen and oxygen atoms in total. The number of aryl methyl sites for hydroxylation is 2. The molecule has 0 aliphatic carbocycles. The van der Waals surface area contributed by atoms with E-state index in [2.05, 4.69) is 27.9 Å². The Morgan fingerprint density at radius 3 is 2.62 bits per heavy atom. The van der Waals surface area contributed by atoms with Crippen molar-refractivity contribution in [3.63, 3.8) is 0 Å². The number of aromatic nitrogens is 2. The van der Waals surface area contributed by atoms with Crippen LogP contribution >= 0.6 is 11.3 Å². The van der Waals surface area contributed by atoms with Gasteiger partial charge in [0.2, 0.25) is 5.91 Å². The number of piperazine rings is 1. The fraction of sp³-hybridized carbons (Fsp3) is 0.533.